The highest BCUT2D eigenvalue weighted by molar-refractivity contribution is 6.22. The van der Waals surface area contributed by atoms with Crippen molar-refractivity contribution >= 4 is 23.4 Å². The van der Waals surface area contributed by atoms with Crippen molar-refractivity contribution in [1.29, 1.82) is 0 Å². The Morgan fingerprint density at radius 2 is 1.74 bits per heavy atom. The fourth-order valence-corrected chi connectivity index (χ4v) is 2.38. The van der Waals surface area contributed by atoms with Crippen LogP contribution in [0.4, 0.5) is 5.69 Å². The minimum atomic E-state index is -0.448. The second-order valence-electron chi connectivity index (χ2n) is 5.12. The number of hydrogen-bond acceptors (Lipinski definition) is 4. The Hall–Kier alpha value is -3.15. The summed E-state index contributed by atoms with van der Waals surface area (Å²) in [5.41, 5.74) is 1.92. The molecule has 3 amide bonds. The highest BCUT2D eigenvalue weighted by Crippen LogP contribution is 2.20. The molecule has 2 aromatic carbocycles. The van der Waals surface area contributed by atoms with Gasteiger partial charge in [0.1, 0.15) is 5.75 Å². The van der Waals surface area contributed by atoms with Crippen LogP contribution in [-0.4, -0.2) is 24.8 Å². The average Bonchev–Trinajstić information content (AvgIpc) is 2.82. The number of methoxy groups -OCH3 is 1. The molecular formula is C17H14N2O4. The molecule has 0 bridgehead atoms. The lowest BCUT2D eigenvalue weighted by atomic mass is 10.1. The van der Waals surface area contributed by atoms with E-state index in [4.69, 9.17) is 4.74 Å². The first-order valence-electron chi connectivity index (χ1n) is 6.99. The highest BCUT2D eigenvalue weighted by Gasteiger charge is 2.26. The van der Waals surface area contributed by atoms with Crippen molar-refractivity contribution in [2.24, 2.45) is 0 Å². The van der Waals surface area contributed by atoms with Gasteiger partial charge in [0.25, 0.3) is 11.8 Å². The fourth-order valence-electron chi connectivity index (χ4n) is 2.38. The first-order valence-corrected chi connectivity index (χ1v) is 6.99. The Morgan fingerprint density at radius 3 is 2.43 bits per heavy atom. The molecule has 3 rings (SSSR count). The molecule has 1 aliphatic rings. The summed E-state index contributed by atoms with van der Waals surface area (Å²) in [5, 5.41) is 4.93. The molecule has 0 fully saturated rings. The van der Waals surface area contributed by atoms with E-state index in [0.29, 0.717) is 11.3 Å². The second kappa shape index (κ2) is 5.92. The van der Waals surface area contributed by atoms with E-state index in [-0.39, 0.29) is 17.9 Å². The fraction of sp³-hybridized carbons (Fsp3) is 0.118. The molecule has 6 nitrogen and oxygen atoms in total. The van der Waals surface area contributed by atoms with E-state index in [1.807, 2.05) is 12.1 Å². The van der Waals surface area contributed by atoms with Gasteiger partial charge in [-0.3, -0.25) is 19.7 Å². The molecule has 0 aliphatic carbocycles. The van der Waals surface area contributed by atoms with Gasteiger partial charge < -0.3 is 10.1 Å². The number of carbonyl (C=O) groups is 3. The van der Waals surface area contributed by atoms with Gasteiger partial charge in [0.2, 0.25) is 5.91 Å². The van der Waals surface area contributed by atoms with Crippen LogP contribution in [0.2, 0.25) is 0 Å². The zero-order chi connectivity index (χ0) is 16.4. The monoisotopic (exact) mass is 310 g/mol. The number of imide groups is 1. The maximum absolute atomic E-state index is 12.1. The van der Waals surface area contributed by atoms with Crippen LogP contribution in [0.15, 0.2) is 42.5 Å². The first kappa shape index (κ1) is 14.8. The minimum Gasteiger partial charge on any atom is -0.497 e. The van der Waals surface area contributed by atoms with Gasteiger partial charge in [-0.1, -0.05) is 12.1 Å². The standard InChI is InChI=1S/C17H14N2O4/c1-23-12-5-2-10(3-6-12)8-15(20)18-11-4-7-13-14(9-11)17(22)19-16(13)21/h2-7,9H,8H2,1H3,(H,18,20)(H,19,21,22). The predicted octanol–water partition coefficient (Wildman–Crippen LogP) is 1.76. The largest absolute Gasteiger partial charge is 0.497 e. The molecule has 0 atom stereocenters. The Balaban J connectivity index is 1.69. The molecule has 0 saturated carbocycles. The number of rotatable bonds is 4. The Kier molecular flexibility index (Phi) is 3.80. The summed E-state index contributed by atoms with van der Waals surface area (Å²) in [4.78, 5) is 35.2. The van der Waals surface area contributed by atoms with Crippen LogP contribution in [0.1, 0.15) is 26.3 Å². The van der Waals surface area contributed by atoms with Crippen LogP contribution in [0.3, 0.4) is 0 Å². The van der Waals surface area contributed by atoms with Crippen molar-refractivity contribution in [1.82, 2.24) is 5.32 Å². The summed E-state index contributed by atoms with van der Waals surface area (Å²) >= 11 is 0. The number of carbonyl (C=O) groups excluding carboxylic acids is 3. The van der Waals surface area contributed by atoms with Gasteiger partial charge >= 0.3 is 0 Å². The van der Waals surface area contributed by atoms with Crippen molar-refractivity contribution < 1.29 is 19.1 Å². The molecule has 0 aromatic heterocycles. The van der Waals surface area contributed by atoms with E-state index in [1.165, 1.54) is 12.1 Å². The molecule has 0 radical (unpaired) electrons. The number of fused-ring (bicyclic) bond motifs is 1. The van der Waals surface area contributed by atoms with E-state index in [0.717, 1.165) is 11.3 Å². The van der Waals surface area contributed by atoms with Gasteiger partial charge in [0.15, 0.2) is 0 Å². The van der Waals surface area contributed by atoms with Crippen LogP contribution >= 0.6 is 0 Å². The van der Waals surface area contributed by atoms with Gasteiger partial charge in [-0.2, -0.15) is 0 Å². The third kappa shape index (κ3) is 3.06. The lowest BCUT2D eigenvalue weighted by molar-refractivity contribution is -0.115. The van der Waals surface area contributed by atoms with Crippen LogP contribution in [-0.2, 0) is 11.2 Å². The summed E-state index contributed by atoms with van der Waals surface area (Å²) < 4.78 is 5.07. The van der Waals surface area contributed by atoms with E-state index in [1.54, 1.807) is 25.3 Å². The molecule has 2 aromatic rings. The zero-order valence-electron chi connectivity index (χ0n) is 12.4. The molecule has 1 heterocycles. The molecule has 0 saturated heterocycles. The van der Waals surface area contributed by atoms with Gasteiger partial charge in [0.05, 0.1) is 24.7 Å². The van der Waals surface area contributed by atoms with Crippen LogP contribution in [0, 0.1) is 0 Å². The minimum absolute atomic E-state index is 0.201. The zero-order valence-corrected chi connectivity index (χ0v) is 12.4. The lowest BCUT2D eigenvalue weighted by Gasteiger charge is -2.07. The number of hydrogen-bond donors (Lipinski definition) is 2. The van der Waals surface area contributed by atoms with Crippen LogP contribution in [0.5, 0.6) is 5.75 Å². The van der Waals surface area contributed by atoms with Crippen molar-refractivity contribution in [2.45, 2.75) is 6.42 Å². The number of ether oxygens (including phenoxy) is 1. The summed E-state index contributed by atoms with van der Waals surface area (Å²) in [6.07, 6.45) is 0.201. The van der Waals surface area contributed by atoms with Gasteiger partial charge in [-0.05, 0) is 35.9 Å². The van der Waals surface area contributed by atoms with E-state index in [9.17, 15) is 14.4 Å². The van der Waals surface area contributed by atoms with Crippen molar-refractivity contribution in [2.75, 3.05) is 12.4 Å². The topological polar surface area (TPSA) is 84.5 Å². The molecule has 2 N–H and O–H groups in total. The average molecular weight is 310 g/mol. The van der Waals surface area contributed by atoms with E-state index in [2.05, 4.69) is 10.6 Å². The number of benzene rings is 2. The molecule has 23 heavy (non-hydrogen) atoms. The molecule has 6 heteroatoms. The van der Waals surface area contributed by atoms with E-state index < -0.39 is 11.8 Å². The van der Waals surface area contributed by atoms with Crippen LogP contribution in [0.25, 0.3) is 0 Å². The van der Waals surface area contributed by atoms with Gasteiger partial charge in [-0.15, -0.1) is 0 Å². The van der Waals surface area contributed by atoms with Gasteiger partial charge in [-0.25, -0.2) is 0 Å². The highest BCUT2D eigenvalue weighted by atomic mass is 16.5. The number of amides is 3. The van der Waals surface area contributed by atoms with Crippen molar-refractivity contribution in [3.05, 3.63) is 59.2 Å². The summed E-state index contributed by atoms with van der Waals surface area (Å²) in [6, 6.07) is 11.8. The summed E-state index contributed by atoms with van der Waals surface area (Å²) in [7, 11) is 1.58. The molecular weight excluding hydrogens is 296 g/mol. The van der Waals surface area contributed by atoms with Crippen molar-refractivity contribution in [3.8, 4) is 5.75 Å². The number of nitrogens with one attached hydrogen (secondary N) is 2. The molecule has 0 unspecified atom stereocenters. The van der Waals surface area contributed by atoms with Gasteiger partial charge in [0, 0.05) is 5.69 Å². The normalized spacial score (nSPS) is 12.6. The summed E-state index contributed by atoms with van der Waals surface area (Å²) in [6.45, 7) is 0. The second-order valence-corrected chi connectivity index (χ2v) is 5.12. The maximum atomic E-state index is 12.1. The van der Waals surface area contributed by atoms with E-state index >= 15 is 0 Å². The predicted molar refractivity (Wildman–Crippen MR) is 83.6 cm³/mol. The Morgan fingerprint density at radius 1 is 1.04 bits per heavy atom. The Bertz CT molecular complexity index is 797. The molecule has 0 spiro atoms. The van der Waals surface area contributed by atoms with Crippen molar-refractivity contribution in [3.63, 3.8) is 0 Å². The SMILES string of the molecule is COc1ccc(CC(=O)Nc2ccc3c(c2)C(=O)NC3=O)cc1. The third-order valence-corrected chi connectivity index (χ3v) is 3.54. The molecule has 116 valence electrons. The Labute approximate surface area is 132 Å². The smallest absolute Gasteiger partial charge is 0.259 e. The molecule has 1 aliphatic heterocycles. The summed E-state index contributed by atoms with van der Waals surface area (Å²) in [5.74, 6) is -0.347. The first-order chi connectivity index (χ1) is 11.1. The maximum Gasteiger partial charge on any atom is 0.259 e. The van der Waals surface area contributed by atoms with Crippen LogP contribution < -0.4 is 15.4 Å². The number of anilines is 1. The third-order valence-electron chi connectivity index (χ3n) is 3.54. The quantitative estimate of drug-likeness (QED) is 0.843. The lowest BCUT2D eigenvalue weighted by Crippen LogP contribution is -2.19.